The van der Waals surface area contributed by atoms with E-state index in [1.807, 2.05) is 24.3 Å². The van der Waals surface area contributed by atoms with E-state index >= 15 is 0 Å². The van der Waals surface area contributed by atoms with E-state index in [2.05, 4.69) is 20.6 Å². The number of aryl methyl sites for hydroxylation is 1. The number of hydrogen-bond donors (Lipinski definition) is 2. The van der Waals surface area contributed by atoms with Crippen molar-refractivity contribution in [1.29, 1.82) is 0 Å². The first-order valence-electron chi connectivity index (χ1n) is 8.83. The predicted octanol–water partition coefficient (Wildman–Crippen LogP) is 4.35. The van der Waals surface area contributed by atoms with Gasteiger partial charge in [0.05, 0.1) is 7.11 Å². The van der Waals surface area contributed by atoms with Gasteiger partial charge in [-0.05, 0) is 49.2 Å². The van der Waals surface area contributed by atoms with Crippen LogP contribution >= 0.6 is 11.6 Å². The van der Waals surface area contributed by atoms with E-state index in [1.165, 1.54) is 0 Å². The van der Waals surface area contributed by atoms with Crippen molar-refractivity contribution < 1.29 is 9.53 Å². The molecular formula is C21H21ClN4O2. The highest BCUT2D eigenvalue weighted by Gasteiger charge is 2.11. The number of anilines is 2. The van der Waals surface area contributed by atoms with Crippen LogP contribution < -0.4 is 15.4 Å². The van der Waals surface area contributed by atoms with Crippen molar-refractivity contribution in [1.82, 2.24) is 9.97 Å². The Balaban J connectivity index is 1.64. The van der Waals surface area contributed by atoms with Gasteiger partial charge in [0.2, 0.25) is 0 Å². The van der Waals surface area contributed by atoms with Gasteiger partial charge in [-0.1, -0.05) is 29.8 Å². The summed E-state index contributed by atoms with van der Waals surface area (Å²) in [6.45, 7) is 2.42. The second-order valence-corrected chi connectivity index (χ2v) is 6.61. The summed E-state index contributed by atoms with van der Waals surface area (Å²) in [6, 6.07) is 16.5. The summed E-state index contributed by atoms with van der Waals surface area (Å²) in [5, 5.41) is 6.59. The lowest BCUT2D eigenvalue weighted by Crippen LogP contribution is -2.16. The molecule has 0 bridgehead atoms. The standard InChI is InChI=1S/C21H21ClN4O2/c1-14-24-19(21(27)26-17-7-4-6-16(22)12-17)13-20(25-14)23-10-9-15-5-3-8-18(11-15)28-2/h3-8,11-13H,9-10H2,1-2H3,(H,26,27)(H,23,24,25). The summed E-state index contributed by atoms with van der Waals surface area (Å²) in [6.07, 6.45) is 0.796. The third-order valence-electron chi connectivity index (χ3n) is 4.01. The molecule has 2 aromatic carbocycles. The Morgan fingerprint density at radius 3 is 2.71 bits per heavy atom. The monoisotopic (exact) mass is 396 g/mol. The number of aromatic nitrogens is 2. The molecule has 1 amide bonds. The van der Waals surface area contributed by atoms with Gasteiger partial charge < -0.3 is 15.4 Å². The fraction of sp³-hybridized carbons (Fsp3) is 0.190. The smallest absolute Gasteiger partial charge is 0.274 e. The number of carbonyl (C=O) groups excluding carboxylic acids is 1. The first-order chi connectivity index (χ1) is 13.5. The van der Waals surface area contributed by atoms with Crippen LogP contribution in [0.4, 0.5) is 11.5 Å². The molecule has 0 saturated carbocycles. The van der Waals surface area contributed by atoms with E-state index in [-0.39, 0.29) is 11.6 Å². The highest BCUT2D eigenvalue weighted by Crippen LogP contribution is 2.17. The van der Waals surface area contributed by atoms with Gasteiger partial charge in [-0.2, -0.15) is 0 Å². The minimum Gasteiger partial charge on any atom is -0.497 e. The molecule has 28 heavy (non-hydrogen) atoms. The summed E-state index contributed by atoms with van der Waals surface area (Å²) in [5.41, 5.74) is 2.05. The second kappa shape index (κ2) is 9.19. The largest absolute Gasteiger partial charge is 0.497 e. The molecule has 0 aliphatic carbocycles. The van der Waals surface area contributed by atoms with Crippen molar-refractivity contribution in [2.45, 2.75) is 13.3 Å². The quantitative estimate of drug-likeness (QED) is 0.620. The third kappa shape index (κ3) is 5.44. The number of methoxy groups -OCH3 is 1. The Hall–Kier alpha value is -3.12. The van der Waals surface area contributed by atoms with Crippen LogP contribution in [0.25, 0.3) is 0 Å². The van der Waals surface area contributed by atoms with E-state index < -0.39 is 0 Å². The lowest BCUT2D eigenvalue weighted by molar-refractivity contribution is 0.102. The number of nitrogens with zero attached hydrogens (tertiary/aromatic N) is 2. The van der Waals surface area contributed by atoms with Crippen LogP contribution in [0, 0.1) is 6.92 Å². The molecule has 0 aliphatic heterocycles. The maximum Gasteiger partial charge on any atom is 0.274 e. The minimum atomic E-state index is -0.316. The average Bonchev–Trinajstić information content (AvgIpc) is 2.68. The van der Waals surface area contributed by atoms with Gasteiger partial charge in [-0.15, -0.1) is 0 Å². The van der Waals surface area contributed by atoms with Gasteiger partial charge >= 0.3 is 0 Å². The fourth-order valence-electron chi connectivity index (χ4n) is 2.70. The zero-order chi connectivity index (χ0) is 19.9. The SMILES string of the molecule is COc1cccc(CCNc2cc(C(=O)Nc3cccc(Cl)c3)nc(C)n2)c1. The number of nitrogens with one attached hydrogen (secondary N) is 2. The molecule has 0 atom stereocenters. The van der Waals surface area contributed by atoms with E-state index in [0.717, 1.165) is 17.7 Å². The molecule has 0 radical (unpaired) electrons. The molecule has 0 fully saturated rings. The number of rotatable bonds is 7. The number of carbonyl (C=O) groups is 1. The van der Waals surface area contributed by atoms with Crippen molar-refractivity contribution in [2.75, 3.05) is 24.3 Å². The maximum atomic E-state index is 12.5. The summed E-state index contributed by atoms with van der Waals surface area (Å²) in [4.78, 5) is 21.1. The third-order valence-corrected chi connectivity index (χ3v) is 4.24. The summed E-state index contributed by atoms with van der Waals surface area (Å²) in [7, 11) is 1.65. The summed E-state index contributed by atoms with van der Waals surface area (Å²) < 4.78 is 5.24. The number of ether oxygens (including phenoxy) is 1. The molecule has 1 aromatic heterocycles. The molecule has 6 nitrogen and oxygen atoms in total. The molecule has 0 saturated heterocycles. The van der Waals surface area contributed by atoms with Crippen LogP contribution in [0.2, 0.25) is 5.02 Å². The highest BCUT2D eigenvalue weighted by molar-refractivity contribution is 6.30. The second-order valence-electron chi connectivity index (χ2n) is 6.18. The Bertz CT molecular complexity index is 978. The molecule has 2 N–H and O–H groups in total. The summed E-state index contributed by atoms with van der Waals surface area (Å²) in [5.74, 6) is 1.63. The molecule has 7 heteroatoms. The number of hydrogen-bond acceptors (Lipinski definition) is 5. The molecule has 3 rings (SSSR count). The number of benzene rings is 2. The molecule has 0 spiro atoms. The van der Waals surface area contributed by atoms with E-state index in [9.17, 15) is 4.79 Å². The predicted molar refractivity (Wildman–Crippen MR) is 111 cm³/mol. The molecule has 1 heterocycles. The van der Waals surface area contributed by atoms with Gasteiger partial charge in [0, 0.05) is 23.3 Å². The normalized spacial score (nSPS) is 10.4. The highest BCUT2D eigenvalue weighted by atomic mass is 35.5. The van der Waals surface area contributed by atoms with Crippen LogP contribution in [0.3, 0.4) is 0 Å². The Kier molecular flexibility index (Phi) is 6.45. The maximum absolute atomic E-state index is 12.5. The van der Waals surface area contributed by atoms with E-state index in [1.54, 1.807) is 44.4 Å². The molecule has 0 unspecified atom stereocenters. The van der Waals surface area contributed by atoms with Crippen LogP contribution in [0.1, 0.15) is 21.9 Å². The number of halogens is 1. The minimum absolute atomic E-state index is 0.288. The van der Waals surface area contributed by atoms with Crippen molar-refractivity contribution in [3.63, 3.8) is 0 Å². The van der Waals surface area contributed by atoms with Crippen molar-refractivity contribution in [2.24, 2.45) is 0 Å². The number of amides is 1. The van der Waals surface area contributed by atoms with E-state index in [4.69, 9.17) is 16.3 Å². The Labute approximate surface area is 168 Å². The first-order valence-corrected chi connectivity index (χ1v) is 9.21. The van der Waals surface area contributed by atoms with Crippen molar-refractivity contribution in [3.05, 3.63) is 76.7 Å². The van der Waals surface area contributed by atoms with Crippen molar-refractivity contribution >= 4 is 29.0 Å². The lowest BCUT2D eigenvalue weighted by Gasteiger charge is -2.10. The van der Waals surface area contributed by atoms with Crippen LogP contribution in [0.5, 0.6) is 5.75 Å². The molecule has 0 aliphatic rings. The van der Waals surface area contributed by atoms with Crippen LogP contribution in [-0.2, 0) is 6.42 Å². The van der Waals surface area contributed by atoms with Crippen LogP contribution in [0.15, 0.2) is 54.6 Å². The topological polar surface area (TPSA) is 76.1 Å². The van der Waals surface area contributed by atoms with Gasteiger partial charge in [0.15, 0.2) is 0 Å². The van der Waals surface area contributed by atoms with Gasteiger partial charge in [0.1, 0.15) is 23.1 Å². The van der Waals surface area contributed by atoms with E-state index in [0.29, 0.717) is 28.9 Å². The first kappa shape index (κ1) is 19.6. The van der Waals surface area contributed by atoms with Gasteiger partial charge in [0.25, 0.3) is 5.91 Å². The van der Waals surface area contributed by atoms with Crippen LogP contribution in [-0.4, -0.2) is 29.5 Å². The lowest BCUT2D eigenvalue weighted by atomic mass is 10.1. The van der Waals surface area contributed by atoms with Crippen molar-refractivity contribution in [3.8, 4) is 5.75 Å². The Morgan fingerprint density at radius 1 is 1.11 bits per heavy atom. The molecule has 3 aromatic rings. The molecule has 144 valence electrons. The average molecular weight is 397 g/mol. The molecular weight excluding hydrogens is 376 g/mol. The zero-order valence-electron chi connectivity index (χ0n) is 15.7. The van der Waals surface area contributed by atoms with Gasteiger partial charge in [-0.3, -0.25) is 4.79 Å². The fourth-order valence-corrected chi connectivity index (χ4v) is 2.89. The Morgan fingerprint density at radius 2 is 1.93 bits per heavy atom. The van der Waals surface area contributed by atoms with Gasteiger partial charge in [-0.25, -0.2) is 9.97 Å². The summed E-state index contributed by atoms with van der Waals surface area (Å²) >= 11 is 5.96. The zero-order valence-corrected chi connectivity index (χ0v) is 16.5.